The molecule has 1 aromatic carbocycles. The maximum atomic E-state index is 5.91. The van der Waals surface area contributed by atoms with Gasteiger partial charge in [-0.2, -0.15) is 0 Å². The molecule has 1 rings (SSSR count). The van der Waals surface area contributed by atoms with E-state index in [2.05, 4.69) is 0 Å². The van der Waals surface area contributed by atoms with Crippen LogP contribution in [0.25, 0.3) is 0 Å². The van der Waals surface area contributed by atoms with Gasteiger partial charge in [0.1, 0.15) is 5.75 Å². The fraction of sp³-hybridized carbons (Fsp3) is 0.538. The van der Waals surface area contributed by atoms with Crippen LogP contribution >= 0.6 is 0 Å². The molecule has 2 atom stereocenters. The fourth-order valence-electron chi connectivity index (χ4n) is 1.74. The van der Waals surface area contributed by atoms with Crippen molar-refractivity contribution in [3.63, 3.8) is 0 Å². The van der Waals surface area contributed by atoms with Gasteiger partial charge in [-0.05, 0) is 38.5 Å². The smallest absolute Gasteiger partial charge is 0.119 e. The molecule has 3 nitrogen and oxygen atoms in total. The normalized spacial score (nSPS) is 14.9. The van der Waals surface area contributed by atoms with E-state index < -0.39 is 0 Å². The Balaban J connectivity index is 2.88. The number of benzene rings is 1. The van der Waals surface area contributed by atoms with Gasteiger partial charge < -0.3 is 16.2 Å². The van der Waals surface area contributed by atoms with E-state index in [1.807, 2.05) is 45.0 Å². The molecule has 16 heavy (non-hydrogen) atoms. The summed E-state index contributed by atoms with van der Waals surface area (Å²) in [6.07, 6.45) is 0.182. The Morgan fingerprint density at radius 3 is 2.44 bits per heavy atom. The molecule has 0 aromatic heterocycles. The molecule has 0 heterocycles. The Morgan fingerprint density at radius 2 is 1.94 bits per heavy atom. The van der Waals surface area contributed by atoms with Gasteiger partial charge in [-0.1, -0.05) is 12.1 Å². The van der Waals surface area contributed by atoms with Crippen LogP contribution in [-0.2, 0) is 0 Å². The summed E-state index contributed by atoms with van der Waals surface area (Å²) >= 11 is 0. The van der Waals surface area contributed by atoms with Gasteiger partial charge in [0.15, 0.2) is 0 Å². The van der Waals surface area contributed by atoms with Gasteiger partial charge in [-0.15, -0.1) is 0 Å². The zero-order valence-corrected chi connectivity index (χ0v) is 10.3. The molecular weight excluding hydrogens is 200 g/mol. The first kappa shape index (κ1) is 13.0. The van der Waals surface area contributed by atoms with E-state index in [1.165, 1.54) is 0 Å². The van der Waals surface area contributed by atoms with Gasteiger partial charge in [0, 0.05) is 18.5 Å². The highest BCUT2D eigenvalue weighted by Gasteiger charge is 2.14. The topological polar surface area (TPSA) is 61.3 Å². The number of nitrogens with two attached hydrogens (primary N) is 2. The summed E-state index contributed by atoms with van der Waals surface area (Å²) in [6, 6.07) is 8.07. The van der Waals surface area contributed by atoms with Crippen LogP contribution < -0.4 is 16.2 Å². The quantitative estimate of drug-likeness (QED) is 0.799. The van der Waals surface area contributed by atoms with E-state index >= 15 is 0 Å². The molecule has 0 spiro atoms. The molecule has 0 radical (unpaired) electrons. The second kappa shape index (κ2) is 5.87. The molecule has 1 aromatic rings. The van der Waals surface area contributed by atoms with Crippen LogP contribution in [0.3, 0.4) is 0 Å². The van der Waals surface area contributed by atoms with Crippen molar-refractivity contribution in [3.8, 4) is 5.75 Å². The van der Waals surface area contributed by atoms with Gasteiger partial charge >= 0.3 is 0 Å². The summed E-state index contributed by atoms with van der Waals surface area (Å²) in [5, 5.41) is 0. The number of hydrogen-bond acceptors (Lipinski definition) is 3. The molecule has 0 saturated heterocycles. The van der Waals surface area contributed by atoms with Gasteiger partial charge in [0.25, 0.3) is 0 Å². The first-order valence-electron chi connectivity index (χ1n) is 5.77. The Kier molecular flexibility index (Phi) is 4.77. The van der Waals surface area contributed by atoms with E-state index in [-0.39, 0.29) is 18.1 Å². The summed E-state index contributed by atoms with van der Waals surface area (Å²) in [7, 11) is 0. The predicted octanol–water partition coefficient (Wildman–Crippen LogP) is 1.86. The lowest BCUT2D eigenvalue weighted by molar-refractivity contribution is 0.242. The van der Waals surface area contributed by atoms with Crippen LogP contribution in [-0.4, -0.2) is 18.7 Å². The minimum absolute atomic E-state index is 0.0549. The van der Waals surface area contributed by atoms with Crippen LogP contribution in [0.4, 0.5) is 0 Å². The lowest BCUT2D eigenvalue weighted by Crippen LogP contribution is -2.30. The highest BCUT2D eigenvalue weighted by atomic mass is 16.5. The zero-order chi connectivity index (χ0) is 12.1. The first-order valence-corrected chi connectivity index (χ1v) is 5.77. The molecule has 0 saturated carbocycles. The van der Waals surface area contributed by atoms with Crippen LogP contribution in [0, 0.1) is 0 Å². The lowest BCUT2D eigenvalue weighted by Gasteiger charge is -2.20. The van der Waals surface area contributed by atoms with Gasteiger partial charge in [0.2, 0.25) is 0 Å². The Morgan fingerprint density at radius 1 is 1.25 bits per heavy atom. The average molecular weight is 222 g/mol. The maximum absolute atomic E-state index is 5.91. The minimum Gasteiger partial charge on any atom is -0.491 e. The van der Waals surface area contributed by atoms with Crippen LogP contribution in [0.1, 0.15) is 32.3 Å². The largest absolute Gasteiger partial charge is 0.491 e. The van der Waals surface area contributed by atoms with Crippen molar-refractivity contribution in [2.75, 3.05) is 6.54 Å². The van der Waals surface area contributed by atoms with E-state index in [0.29, 0.717) is 6.54 Å². The lowest BCUT2D eigenvalue weighted by atomic mass is 9.93. The average Bonchev–Trinajstić information content (AvgIpc) is 2.17. The van der Waals surface area contributed by atoms with E-state index in [0.717, 1.165) is 11.3 Å². The Hall–Kier alpha value is -1.06. The monoisotopic (exact) mass is 222 g/mol. The van der Waals surface area contributed by atoms with Gasteiger partial charge in [0.05, 0.1) is 6.10 Å². The van der Waals surface area contributed by atoms with Crippen molar-refractivity contribution in [3.05, 3.63) is 29.8 Å². The van der Waals surface area contributed by atoms with E-state index in [1.54, 1.807) is 0 Å². The molecule has 90 valence electrons. The second-order valence-corrected chi connectivity index (χ2v) is 4.44. The Labute approximate surface area is 97.8 Å². The maximum Gasteiger partial charge on any atom is 0.119 e. The van der Waals surface area contributed by atoms with Crippen LogP contribution in [0.5, 0.6) is 5.75 Å². The first-order chi connectivity index (χ1) is 7.54. The third-order valence-electron chi connectivity index (χ3n) is 2.55. The summed E-state index contributed by atoms with van der Waals surface area (Å²) in [5.41, 5.74) is 12.8. The van der Waals surface area contributed by atoms with Crippen molar-refractivity contribution >= 4 is 0 Å². The fourth-order valence-corrected chi connectivity index (χ4v) is 1.74. The summed E-state index contributed by atoms with van der Waals surface area (Å²) in [5.74, 6) is 1.07. The molecule has 3 heteroatoms. The number of ether oxygens (including phenoxy) is 1. The predicted molar refractivity (Wildman–Crippen MR) is 67.7 cm³/mol. The summed E-state index contributed by atoms with van der Waals surface area (Å²) < 4.78 is 5.65. The third-order valence-corrected chi connectivity index (χ3v) is 2.55. The highest BCUT2D eigenvalue weighted by molar-refractivity contribution is 5.32. The molecule has 0 fully saturated rings. The summed E-state index contributed by atoms with van der Waals surface area (Å²) in [6.45, 7) is 6.56. The van der Waals surface area contributed by atoms with Crippen molar-refractivity contribution in [2.24, 2.45) is 11.5 Å². The van der Waals surface area contributed by atoms with Crippen LogP contribution in [0.15, 0.2) is 24.3 Å². The molecule has 0 amide bonds. The third kappa shape index (κ3) is 3.51. The molecule has 2 unspecified atom stereocenters. The van der Waals surface area contributed by atoms with E-state index in [4.69, 9.17) is 16.2 Å². The SMILES string of the molecule is CC(C)Oc1cccc(C(CN)C(C)N)c1. The van der Waals surface area contributed by atoms with Crippen molar-refractivity contribution < 1.29 is 4.74 Å². The number of rotatable bonds is 5. The molecular formula is C13H22N2O. The van der Waals surface area contributed by atoms with E-state index in [9.17, 15) is 0 Å². The number of hydrogen-bond donors (Lipinski definition) is 2. The highest BCUT2D eigenvalue weighted by Crippen LogP contribution is 2.22. The minimum atomic E-state index is 0.0549. The molecule has 0 aliphatic heterocycles. The van der Waals surface area contributed by atoms with Crippen molar-refractivity contribution in [1.29, 1.82) is 0 Å². The molecule has 0 aliphatic carbocycles. The van der Waals surface area contributed by atoms with Crippen molar-refractivity contribution in [1.82, 2.24) is 0 Å². The molecule has 0 aliphatic rings. The second-order valence-electron chi connectivity index (χ2n) is 4.44. The van der Waals surface area contributed by atoms with Gasteiger partial charge in [-0.3, -0.25) is 0 Å². The van der Waals surface area contributed by atoms with Gasteiger partial charge in [-0.25, -0.2) is 0 Å². The molecule has 4 N–H and O–H groups in total. The molecule has 0 bridgehead atoms. The van der Waals surface area contributed by atoms with Crippen molar-refractivity contribution in [2.45, 2.75) is 38.8 Å². The standard InChI is InChI=1S/C13H22N2O/c1-9(2)16-12-6-4-5-11(7-12)13(8-14)10(3)15/h4-7,9-10,13H,8,14-15H2,1-3H3. The Bertz CT molecular complexity index is 323. The summed E-state index contributed by atoms with van der Waals surface area (Å²) in [4.78, 5) is 0. The zero-order valence-electron chi connectivity index (χ0n) is 10.3. The van der Waals surface area contributed by atoms with Crippen LogP contribution in [0.2, 0.25) is 0 Å².